The summed E-state index contributed by atoms with van der Waals surface area (Å²) in [6.07, 6.45) is 8.43. The Morgan fingerprint density at radius 3 is 2.66 bits per heavy atom. The highest BCUT2D eigenvalue weighted by Crippen LogP contribution is 2.40. The van der Waals surface area contributed by atoms with Gasteiger partial charge in [0, 0.05) is 38.4 Å². The van der Waals surface area contributed by atoms with E-state index in [4.69, 9.17) is 4.18 Å². The SMILES string of the molecule is CN1CC2CCN(N(C)SOc3n[nH]c(Nc4c5c(cc6c4CCC6)CCC5)n3)C2C1.S. The first-order valence-corrected chi connectivity index (χ1v) is 12.2. The van der Waals surface area contributed by atoms with Gasteiger partial charge in [-0.2, -0.15) is 22.9 Å². The molecule has 1 aromatic carbocycles. The van der Waals surface area contributed by atoms with Crippen LogP contribution in [0.4, 0.5) is 11.6 Å². The minimum Gasteiger partial charge on any atom is -0.370 e. The quantitative estimate of drug-likeness (QED) is 0.488. The first kappa shape index (κ1) is 22.3. The van der Waals surface area contributed by atoms with Gasteiger partial charge in [-0.3, -0.25) is 0 Å². The van der Waals surface area contributed by atoms with Crippen LogP contribution in [-0.2, 0) is 25.7 Å². The van der Waals surface area contributed by atoms with Crippen molar-refractivity contribution in [1.82, 2.24) is 29.5 Å². The van der Waals surface area contributed by atoms with E-state index in [-0.39, 0.29) is 13.5 Å². The average Bonchev–Trinajstić information content (AvgIpc) is 3.54. The fraction of sp³-hybridized carbons (Fsp3) is 0.636. The minimum atomic E-state index is 0. The molecule has 2 aromatic rings. The molecular weight excluding hydrogens is 442 g/mol. The Morgan fingerprint density at radius 2 is 1.91 bits per heavy atom. The van der Waals surface area contributed by atoms with Crippen molar-refractivity contribution in [2.24, 2.45) is 5.92 Å². The first-order valence-electron chi connectivity index (χ1n) is 11.5. The minimum absolute atomic E-state index is 0. The topological polar surface area (TPSA) is 72.6 Å². The van der Waals surface area contributed by atoms with E-state index in [2.05, 4.69) is 55.0 Å². The molecule has 0 spiro atoms. The summed E-state index contributed by atoms with van der Waals surface area (Å²) in [4.78, 5) is 6.98. The Bertz CT molecular complexity index is 951. The Morgan fingerprint density at radius 1 is 1.16 bits per heavy atom. The lowest BCUT2D eigenvalue weighted by atomic mass is 9.99. The smallest absolute Gasteiger partial charge is 0.350 e. The van der Waals surface area contributed by atoms with Gasteiger partial charge in [0.2, 0.25) is 5.95 Å². The summed E-state index contributed by atoms with van der Waals surface area (Å²) in [6.45, 7) is 3.40. The Kier molecular flexibility index (Phi) is 6.32. The van der Waals surface area contributed by atoms with E-state index in [1.807, 2.05) is 0 Å². The molecule has 0 bridgehead atoms. The summed E-state index contributed by atoms with van der Waals surface area (Å²) in [6, 6.07) is 3.39. The normalized spacial score (nSPS) is 24.5. The predicted molar refractivity (Wildman–Crippen MR) is 133 cm³/mol. The number of likely N-dealkylation sites (tertiary alicyclic amines) is 1. The van der Waals surface area contributed by atoms with Gasteiger partial charge in [0.1, 0.15) is 0 Å². The van der Waals surface area contributed by atoms with Crippen molar-refractivity contribution in [2.75, 3.05) is 39.0 Å². The molecule has 2 unspecified atom stereocenters. The van der Waals surface area contributed by atoms with Gasteiger partial charge in [-0.1, -0.05) is 6.07 Å². The van der Waals surface area contributed by atoms with Crippen molar-refractivity contribution < 1.29 is 4.18 Å². The van der Waals surface area contributed by atoms with Crippen LogP contribution in [0.1, 0.15) is 41.5 Å². The molecule has 1 aromatic heterocycles. The molecule has 2 atom stereocenters. The van der Waals surface area contributed by atoms with E-state index in [9.17, 15) is 0 Å². The second-order valence-corrected chi connectivity index (χ2v) is 10.3. The van der Waals surface area contributed by atoms with Crippen molar-refractivity contribution in [3.05, 3.63) is 28.3 Å². The van der Waals surface area contributed by atoms with Crippen LogP contribution in [0.3, 0.4) is 0 Å². The molecule has 8 nitrogen and oxygen atoms in total. The maximum absolute atomic E-state index is 5.85. The highest BCUT2D eigenvalue weighted by Gasteiger charge is 2.42. The van der Waals surface area contributed by atoms with Gasteiger partial charge in [0.05, 0.1) is 0 Å². The van der Waals surface area contributed by atoms with E-state index >= 15 is 0 Å². The third-order valence-corrected chi connectivity index (χ3v) is 8.11. The van der Waals surface area contributed by atoms with Crippen molar-refractivity contribution in [2.45, 2.75) is 51.0 Å². The van der Waals surface area contributed by atoms with Crippen LogP contribution in [0.25, 0.3) is 0 Å². The van der Waals surface area contributed by atoms with Gasteiger partial charge < -0.3 is 14.4 Å². The van der Waals surface area contributed by atoms with Crippen molar-refractivity contribution in [1.29, 1.82) is 0 Å². The lowest BCUT2D eigenvalue weighted by Gasteiger charge is -2.30. The standard InChI is InChI=1S/C22H31N7OS.H2S/c1-27-12-16-9-10-29(19(16)13-27)28(2)31-30-22-24-21(25-26-22)23-20-17-7-3-5-14(17)11-15-6-4-8-18(15)20;/h11,16,19H,3-10,12-13H2,1-2H3,(H2,23,24,25,26);1H2. The van der Waals surface area contributed by atoms with Crippen molar-refractivity contribution in [3.63, 3.8) is 0 Å². The van der Waals surface area contributed by atoms with Gasteiger partial charge in [-0.05, 0) is 80.2 Å². The number of hydrazine groups is 1. The van der Waals surface area contributed by atoms with Gasteiger partial charge in [0.15, 0.2) is 12.2 Å². The van der Waals surface area contributed by atoms with Crippen molar-refractivity contribution in [3.8, 4) is 6.01 Å². The molecular formula is C22H33N7OS2. The zero-order valence-corrected chi connectivity index (χ0v) is 20.7. The fourth-order valence-corrected chi connectivity index (χ4v) is 6.59. The number of rotatable bonds is 6. The second kappa shape index (κ2) is 9.06. The van der Waals surface area contributed by atoms with Gasteiger partial charge in [-0.15, -0.1) is 5.10 Å². The summed E-state index contributed by atoms with van der Waals surface area (Å²) in [7, 11) is 4.27. The first-order chi connectivity index (χ1) is 15.2. The Hall–Kier alpha value is -1.46. The molecule has 2 N–H and O–H groups in total. The molecule has 174 valence electrons. The number of hydrogen-bond donors (Lipinski definition) is 2. The van der Waals surface area contributed by atoms with Gasteiger partial charge in [0.25, 0.3) is 0 Å². The molecule has 2 aliphatic heterocycles. The molecule has 3 heterocycles. The third kappa shape index (κ3) is 4.00. The molecule has 2 saturated heterocycles. The number of benzene rings is 1. The summed E-state index contributed by atoms with van der Waals surface area (Å²) in [5.41, 5.74) is 7.23. The predicted octanol–water partition coefficient (Wildman–Crippen LogP) is 3.06. The maximum Gasteiger partial charge on any atom is 0.350 e. The number of aryl methyl sites for hydroxylation is 2. The third-order valence-electron chi connectivity index (χ3n) is 7.46. The molecule has 4 aliphatic rings. The number of anilines is 2. The van der Waals surface area contributed by atoms with E-state index in [1.165, 1.54) is 78.8 Å². The maximum atomic E-state index is 5.85. The molecule has 32 heavy (non-hydrogen) atoms. The van der Waals surface area contributed by atoms with Crippen LogP contribution in [0.15, 0.2) is 6.07 Å². The monoisotopic (exact) mass is 475 g/mol. The van der Waals surface area contributed by atoms with Gasteiger partial charge >= 0.3 is 6.01 Å². The van der Waals surface area contributed by atoms with Crippen LogP contribution < -0.4 is 9.50 Å². The summed E-state index contributed by atoms with van der Waals surface area (Å²) in [5, 5.41) is 13.3. The second-order valence-electron chi connectivity index (χ2n) is 9.45. The molecule has 2 aliphatic carbocycles. The van der Waals surface area contributed by atoms with Crippen LogP contribution >= 0.6 is 25.7 Å². The molecule has 0 radical (unpaired) electrons. The number of nitrogens with zero attached hydrogens (tertiary/aromatic N) is 5. The molecule has 2 fully saturated rings. The van der Waals surface area contributed by atoms with E-state index < -0.39 is 0 Å². The fourth-order valence-electron chi connectivity index (χ4n) is 6.06. The molecule has 10 heteroatoms. The average molecular weight is 476 g/mol. The largest absolute Gasteiger partial charge is 0.370 e. The Balaban J connectivity index is 0.00000216. The van der Waals surface area contributed by atoms with Gasteiger partial charge in [-0.25, -0.2) is 10.1 Å². The zero-order valence-electron chi connectivity index (χ0n) is 18.9. The summed E-state index contributed by atoms with van der Waals surface area (Å²) < 4.78 is 7.95. The van der Waals surface area contributed by atoms with Crippen LogP contribution in [0, 0.1) is 5.92 Å². The number of hydrogen-bond acceptors (Lipinski definition) is 8. The number of aromatic nitrogens is 3. The van der Waals surface area contributed by atoms with E-state index in [0.717, 1.165) is 31.8 Å². The van der Waals surface area contributed by atoms with E-state index in [1.54, 1.807) is 0 Å². The van der Waals surface area contributed by atoms with Crippen LogP contribution in [0.2, 0.25) is 0 Å². The highest BCUT2D eigenvalue weighted by atomic mass is 32.2. The molecule has 0 amide bonds. The van der Waals surface area contributed by atoms with Crippen LogP contribution in [0.5, 0.6) is 6.01 Å². The zero-order chi connectivity index (χ0) is 20.9. The lowest BCUT2D eigenvalue weighted by molar-refractivity contribution is 0.0705. The molecule has 0 saturated carbocycles. The van der Waals surface area contributed by atoms with Crippen LogP contribution in [-0.4, -0.2) is 69.3 Å². The summed E-state index contributed by atoms with van der Waals surface area (Å²) >= 11 is 1.30. The number of aromatic amines is 1. The number of nitrogens with one attached hydrogen (secondary N) is 2. The highest BCUT2D eigenvalue weighted by molar-refractivity contribution is 7.92. The number of likely N-dealkylation sites (N-methyl/N-ethyl adjacent to an activating group) is 1. The lowest BCUT2D eigenvalue weighted by Crippen LogP contribution is -2.42. The number of H-pyrrole nitrogens is 1. The summed E-state index contributed by atoms with van der Waals surface area (Å²) in [5.74, 6) is 1.42. The van der Waals surface area contributed by atoms with Crippen molar-refractivity contribution >= 4 is 37.4 Å². The molecule has 6 rings (SSSR count). The van der Waals surface area contributed by atoms with E-state index in [0.29, 0.717) is 18.0 Å². The number of fused-ring (bicyclic) bond motifs is 3. The Labute approximate surface area is 201 Å².